The quantitative estimate of drug-likeness (QED) is 0.262. The Morgan fingerprint density at radius 3 is 2.03 bits per heavy atom. The largest absolute Gasteiger partial charge is 0.353 e. The Morgan fingerprint density at radius 1 is 0.469 bits per heavy atom. The van der Waals surface area contributed by atoms with Crippen molar-refractivity contribution in [2.45, 2.75) is 0 Å². The Balaban J connectivity index is 1.89. The van der Waals surface area contributed by atoms with E-state index in [0.717, 1.165) is 0 Å². The van der Waals surface area contributed by atoms with Crippen LogP contribution < -0.4 is 0 Å². The molecule has 8 aromatic rings. The third kappa shape index (κ3) is 1.86. The number of rotatable bonds is 0. The number of nitrogens with one attached hydrogen (secondary N) is 1. The van der Waals surface area contributed by atoms with Crippen molar-refractivity contribution >= 4 is 70.7 Å². The number of fused-ring (bicyclic) bond motifs is 10. The topological polar surface area (TPSA) is 20.2 Å². The van der Waals surface area contributed by atoms with Gasteiger partial charge < -0.3 is 9.38 Å². The zero-order valence-electron chi connectivity index (χ0n) is 17.3. The molecule has 0 fully saturated rings. The van der Waals surface area contributed by atoms with Gasteiger partial charge in [0.05, 0.1) is 22.1 Å². The summed E-state index contributed by atoms with van der Waals surface area (Å²) in [5, 5.41) is 10.2. The van der Waals surface area contributed by atoms with Gasteiger partial charge in [0.2, 0.25) is 0 Å². The molecule has 0 atom stereocenters. The fourth-order valence-corrected chi connectivity index (χ4v) is 5.77. The van der Waals surface area contributed by atoms with Crippen LogP contribution >= 0.6 is 0 Å². The highest BCUT2D eigenvalue weighted by molar-refractivity contribution is 6.30. The van der Waals surface area contributed by atoms with Crippen LogP contribution in [0.4, 0.5) is 0 Å². The zero-order valence-corrected chi connectivity index (χ0v) is 17.3. The summed E-state index contributed by atoms with van der Waals surface area (Å²) in [6.45, 7) is 0. The van der Waals surface area contributed by atoms with Crippen LogP contribution in [0.3, 0.4) is 0 Å². The molecule has 8 rings (SSSR count). The van der Waals surface area contributed by atoms with Crippen molar-refractivity contribution in [3.63, 3.8) is 0 Å². The smallest absolute Gasteiger partial charge is 0.0804 e. The third-order valence-electron chi connectivity index (χ3n) is 7.07. The van der Waals surface area contributed by atoms with Gasteiger partial charge in [-0.25, -0.2) is 0 Å². The van der Waals surface area contributed by atoms with Crippen LogP contribution in [0.2, 0.25) is 0 Å². The van der Waals surface area contributed by atoms with Crippen LogP contribution in [0.25, 0.3) is 70.7 Å². The summed E-state index contributed by atoms with van der Waals surface area (Å²) >= 11 is 0. The van der Waals surface area contributed by atoms with Gasteiger partial charge in [-0.2, -0.15) is 0 Å². The first-order chi connectivity index (χ1) is 15.9. The number of aromatic amines is 1. The third-order valence-corrected chi connectivity index (χ3v) is 7.07. The first-order valence-electron chi connectivity index (χ1n) is 11.1. The minimum atomic E-state index is 1.19. The van der Waals surface area contributed by atoms with E-state index in [1.54, 1.807) is 0 Å². The lowest BCUT2D eigenvalue weighted by atomic mass is 10.0. The molecule has 0 bridgehead atoms. The standard InChI is InChI=1S/C30H18N2/c1-2-9-19-18(8-1)16-17-24-28-30-27-23(13-7-14-25(27)31-28)21-11-4-3-10-20(21)22-12-5-6-15-26(22)32(30)29(19)24/h1-17,31H. The highest BCUT2D eigenvalue weighted by atomic mass is 14.9. The second-order valence-electron chi connectivity index (χ2n) is 8.66. The molecule has 0 unspecified atom stereocenters. The molecule has 5 aromatic carbocycles. The van der Waals surface area contributed by atoms with Gasteiger partial charge in [0.15, 0.2) is 0 Å². The van der Waals surface area contributed by atoms with Gasteiger partial charge >= 0.3 is 0 Å². The molecule has 3 heterocycles. The molecule has 32 heavy (non-hydrogen) atoms. The van der Waals surface area contributed by atoms with Crippen molar-refractivity contribution in [3.05, 3.63) is 103 Å². The van der Waals surface area contributed by atoms with Crippen molar-refractivity contribution < 1.29 is 0 Å². The molecular formula is C30H18N2. The van der Waals surface area contributed by atoms with Crippen molar-refractivity contribution in [1.82, 2.24) is 9.38 Å². The lowest BCUT2D eigenvalue weighted by molar-refractivity contribution is 1.37. The molecule has 148 valence electrons. The number of aromatic nitrogens is 2. The average molecular weight is 406 g/mol. The molecule has 0 saturated heterocycles. The molecule has 0 spiro atoms. The Hall–Kier alpha value is -4.30. The van der Waals surface area contributed by atoms with Crippen molar-refractivity contribution in [3.8, 4) is 0 Å². The number of nitrogens with zero attached hydrogens (tertiary/aromatic N) is 1. The fraction of sp³-hybridized carbons (Fsp3) is 0. The zero-order chi connectivity index (χ0) is 20.8. The maximum Gasteiger partial charge on any atom is 0.0804 e. The van der Waals surface area contributed by atoms with Gasteiger partial charge in [-0.1, -0.05) is 91.0 Å². The van der Waals surface area contributed by atoms with E-state index in [2.05, 4.69) is 113 Å². The monoisotopic (exact) mass is 406 g/mol. The summed E-state index contributed by atoms with van der Waals surface area (Å²) in [5.41, 5.74) is 6.16. The highest BCUT2D eigenvalue weighted by Gasteiger charge is 2.19. The average Bonchev–Trinajstić information content (AvgIpc) is 3.38. The molecule has 1 N–H and O–H groups in total. The fourth-order valence-electron chi connectivity index (χ4n) is 5.77. The molecule has 0 aliphatic heterocycles. The molecular weight excluding hydrogens is 388 g/mol. The summed E-state index contributed by atoms with van der Waals surface area (Å²) < 4.78 is 2.50. The van der Waals surface area contributed by atoms with Crippen LogP contribution in [0.1, 0.15) is 0 Å². The molecule has 3 aromatic heterocycles. The minimum absolute atomic E-state index is 1.19. The van der Waals surface area contributed by atoms with E-state index in [-0.39, 0.29) is 0 Å². The summed E-state index contributed by atoms with van der Waals surface area (Å²) in [6, 6.07) is 37.5. The summed E-state index contributed by atoms with van der Waals surface area (Å²) in [4.78, 5) is 3.78. The number of hydrogen-bond acceptors (Lipinski definition) is 0. The lowest BCUT2D eigenvalue weighted by Gasteiger charge is -2.10. The molecule has 0 radical (unpaired) electrons. The first kappa shape index (κ1) is 16.4. The number of hydrogen-bond donors (Lipinski definition) is 1. The lowest BCUT2D eigenvalue weighted by Crippen LogP contribution is -1.89. The molecule has 0 amide bonds. The maximum atomic E-state index is 3.78. The van der Waals surface area contributed by atoms with Gasteiger partial charge in [-0.05, 0) is 33.7 Å². The Morgan fingerprint density at radius 2 is 1.16 bits per heavy atom. The van der Waals surface area contributed by atoms with Gasteiger partial charge in [-0.15, -0.1) is 0 Å². The van der Waals surface area contributed by atoms with Gasteiger partial charge in [0.1, 0.15) is 0 Å². The van der Waals surface area contributed by atoms with Crippen LogP contribution in [0, 0.1) is 0 Å². The van der Waals surface area contributed by atoms with E-state index in [0.29, 0.717) is 0 Å². The number of H-pyrrole nitrogens is 1. The van der Waals surface area contributed by atoms with Crippen molar-refractivity contribution in [2.24, 2.45) is 0 Å². The SMILES string of the molecule is c1ccc2c(c1)ccc1c3[nH]c4cccc5c6ccccc6c6ccccc6n(c21)c3c45. The second kappa shape index (κ2) is 5.68. The molecule has 0 saturated carbocycles. The summed E-state index contributed by atoms with van der Waals surface area (Å²) in [7, 11) is 0. The molecule has 2 heteroatoms. The van der Waals surface area contributed by atoms with Crippen molar-refractivity contribution in [2.75, 3.05) is 0 Å². The maximum absolute atomic E-state index is 3.78. The predicted octanol–water partition coefficient (Wildman–Crippen LogP) is 8.19. The van der Waals surface area contributed by atoms with E-state index in [1.165, 1.54) is 70.7 Å². The van der Waals surface area contributed by atoms with E-state index < -0.39 is 0 Å². The van der Waals surface area contributed by atoms with E-state index in [1.807, 2.05) is 0 Å². The van der Waals surface area contributed by atoms with Crippen LogP contribution in [-0.4, -0.2) is 9.38 Å². The molecule has 0 aliphatic carbocycles. The van der Waals surface area contributed by atoms with Gasteiger partial charge in [0, 0.05) is 27.1 Å². The van der Waals surface area contributed by atoms with E-state index in [4.69, 9.17) is 0 Å². The van der Waals surface area contributed by atoms with E-state index in [9.17, 15) is 0 Å². The first-order valence-corrected chi connectivity index (χ1v) is 11.1. The number of benzene rings is 5. The Kier molecular flexibility index (Phi) is 2.91. The van der Waals surface area contributed by atoms with Crippen molar-refractivity contribution in [1.29, 1.82) is 0 Å². The normalized spacial score (nSPS) is 12.4. The van der Waals surface area contributed by atoms with Crippen LogP contribution in [0.5, 0.6) is 0 Å². The molecule has 0 aliphatic rings. The summed E-state index contributed by atoms with van der Waals surface area (Å²) in [6.07, 6.45) is 0. The van der Waals surface area contributed by atoms with Crippen LogP contribution in [0.15, 0.2) is 103 Å². The number of para-hydroxylation sites is 1. The van der Waals surface area contributed by atoms with Crippen LogP contribution in [-0.2, 0) is 0 Å². The highest BCUT2D eigenvalue weighted by Crippen LogP contribution is 2.42. The second-order valence-corrected chi connectivity index (χ2v) is 8.66. The molecule has 2 nitrogen and oxygen atoms in total. The van der Waals surface area contributed by atoms with Gasteiger partial charge in [0.25, 0.3) is 0 Å². The predicted molar refractivity (Wildman–Crippen MR) is 137 cm³/mol. The van der Waals surface area contributed by atoms with Gasteiger partial charge in [-0.3, -0.25) is 0 Å². The Bertz CT molecular complexity index is 2040. The van der Waals surface area contributed by atoms with E-state index >= 15 is 0 Å². The minimum Gasteiger partial charge on any atom is -0.353 e. The summed E-state index contributed by atoms with van der Waals surface area (Å²) in [5.74, 6) is 0. The Labute approximate surface area is 183 Å².